The van der Waals surface area contributed by atoms with Crippen molar-refractivity contribution in [1.82, 2.24) is 5.32 Å². The summed E-state index contributed by atoms with van der Waals surface area (Å²) < 4.78 is 11.2. The molecule has 0 radical (unpaired) electrons. The number of nitrogens with one attached hydrogen (secondary N) is 1. The van der Waals surface area contributed by atoms with Crippen molar-refractivity contribution in [3.63, 3.8) is 0 Å². The number of rotatable bonds is 7. The highest BCUT2D eigenvalue weighted by molar-refractivity contribution is 7.16. The van der Waals surface area contributed by atoms with E-state index in [1.54, 1.807) is 24.7 Å². The molecule has 2 aromatic rings. The second-order valence-corrected chi connectivity index (χ2v) is 9.41. The van der Waals surface area contributed by atoms with Gasteiger partial charge in [-0.1, -0.05) is 31.2 Å². The van der Waals surface area contributed by atoms with Gasteiger partial charge in [-0.2, -0.15) is 0 Å². The summed E-state index contributed by atoms with van der Waals surface area (Å²) >= 11 is 1.64. The molecule has 168 valence electrons. The molecule has 1 N–H and O–H groups in total. The first-order valence-electron chi connectivity index (χ1n) is 11.4. The number of aryl methyl sites for hydroxylation is 1. The third kappa shape index (κ3) is 4.99. The number of terminal acetylenes is 1. The molecule has 32 heavy (non-hydrogen) atoms. The van der Waals surface area contributed by atoms with Crippen molar-refractivity contribution >= 4 is 28.5 Å². The quantitative estimate of drug-likeness (QED) is 0.450. The van der Waals surface area contributed by atoms with E-state index in [2.05, 4.69) is 11.2 Å². The van der Waals surface area contributed by atoms with E-state index in [9.17, 15) is 4.79 Å². The monoisotopic (exact) mass is 450 g/mol. The Balaban J connectivity index is 1.65. The van der Waals surface area contributed by atoms with Crippen LogP contribution in [0.15, 0.2) is 23.2 Å². The predicted octanol–water partition coefficient (Wildman–Crippen LogP) is 5.46. The summed E-state index contributed by atoms with van der Waals surface area (Å²) in [5.41, 5.74) is 2.72. The van der Waals surface area contributed by atoms with Crippen LogP contribution in [-0.4, -0.2) is 31.9 Å². The standard InChI is InChI=1S/C26H30N2O3S/c1-3-16-31-24-18(10-9-14-21(24)30-2)17-27-26-23(20-13-7-8-15-22(20)32-26)25(29)28-19-11-5-4-6-12-19/h1,9-10,14,17,19H,4-8,11-13,15-16H2,2H3,(H,28,29). The average molecular weight is 451 g/mol. The van der Waals surface area contributed by atoms with Crippen LogP contribution in [0.2, 0.25) is 0 Å². The largest absolute Gasteiger partial charge is 0.493 e. The smallest absolute Gasteiger partial charge is 0.254 e. The number of aliphatic imine (C=N–C) groups is 1. The van der Waals surface area contributed by atoms with Gasteiger partial charge in [0, 0.05) is 22.7 Å². The summed E-state index contributed by atoms with van der Waals surface area (Å²) in [5.74, 6) is 3.68. The molecule has 0 atom stereocenters. The van der Waals surface area contributed by atoms with Gasteiger partial charge in [0.25, 0.3) is 5.91 Å². The predicted molar refractivity (Wildman–Crippen MR) is 130 cm³/mol. The second-order valence-electron chi connectivity index (χ2n) is 8.33. The minimum Gasteiger partial charge on any atom is -0.493 e. The maximum absolute atomic E-state index is 13.3. The Bertz CT molecular complexity index is 1030. The number of fused-ring (bicyclic) bond motifs is 1. The molecule has 0 aliphatic heterocycles. The van der Waals surface area contributed by atoms with Gasteiger partial charge in [0.15, 0.2) is 11.5 Å². The Labute approximate surface area is 194 Å². The Morgan fingerprint density at radius 2 is 2.06 bits per heavy atom. The van der Waals surface area contributed by atoms with E-state index in [-0.39, 0.29) is 18.6 Å². The topological polar surface area (TPSA) is 59.9 Å². The molecule has 1 fully saturated rings. The summed E-state index contributed by atoms with van der Waals surface area (Å²) in [4.78, 5) is 19.4. The molecule has 2 aliphatic carbocycles. The average Bonchev–Trinajstić information content (AvgIpc) is 3.20. The van der Waals surface area contributed by atoms with Crippen molar-refractivity contribution in [3.05, 3.63) is 39.8 Å². The van der Waals surface area contributed by atoms with Gasteiger partial charge in [-0.3, -0.25) is 4.79 Å². The lowest BCUT2D eigenvalue weighted by Gasteiger charge is -2.23. The van der Waals surface area contributed by atoms with Gasteiger partial charge >= 0.3 is 0 Å². The van der Waals surface area contributed by atoms with E-state index in [1.807, 2.05) is 18.2 Å². The number of nitrogens with zero attached hydrogens (tertiary/aromatic N) is 1. The molecule has 5 nitrogen and oxygen atoms in total. The maximum atomic E-state index is 13.3. The van der Waals surface area contributed by atoms with Gasteiger partial charge < -0.3 is 14.8 Å². The molecule has 0 spiro atoms. The highest BCUT2D eigenvalue weighted by Gasteiger charge is 2.27. The molecule has 1 aromatic carbocycles. The van der Waals surface area contributed by atoms with Crippen molar-refractivity contribution < 1.29 is 14.3 Å². The lowest BCUT2D eigenvalue weighted by molar-refractivity contribution is 0.0927. The number of hydrogen-bond donors (Lipinski definition) is 1. The SMILES string of the molecule is C#CCOc1c(C=Nc2sc3c(c2C(=O)NC2CCCCC2)CCCC3)cccc1OC. The van der Waals surface area contributed by atoms with Crippen molar-refractivity contribution in [2.75, 3.05) is 13.7 Å². The molecule has 1 amide bonds. The molecule has 1 heterocycles. The van der Waals surface area contributed by atoms with Crippen LogP contribution < -0.4 is 14.8 Å². The molecule has 0 unspecified atom stereocenters. The summed E-state index contributed by atoms with van der Waals surface area (Å²) in [6, 6.07) is 5.90. The van der Waals surface area contributed by atoms with Crippen LogP contribution in [0.5, 0.6) is 11.5 Å². The van der Waals surface area contributed by atoms with Gasteiger partial charge in [0.1, 0.15) is 11.6 Å². The van der Waals surface area contributed by atoms with Crippen LogP contribution in [0.25, 0.3) is 0 Å². The first-order valence-corrected chi connectivity index (χ1v) is 12.3. The molecule has 4 rings (SSSR count). The van der Waals surface area contributed by atoms with Crippen LogP contribution in [0.1, 0.15) is 71.3 Å². The zero-order chi connectivity index (χ0) is 22.3. The first-order chi connectivity index (χ1) is 15.7. The fraction of sp³-hybridized carbons (Fsp3) is 0.462. The highest BCUT2D eigenvalue weighted by Crippen LogP contribution is 2.40. The minimum absolute atomic E-state index is 0.0258. The van der Waals surface area contributed by atoms with E-state index >= 15 is 0 Å². The number of para-hydroxylation sites is 1. The molecule has 6 heteroatoms. The van der Waals surface area contributed by atoms with E-state index in [0.29, 0.717) is 11.5 Å². The summed E-state index contributed by atoms with van der Waals surface area (Å²) in [7, 11) is 1.60. The summed E-state index contributed by atoms with van der Waals surface area (Å²) in [6.45, 7) is 0.142. The van der Waals surface area contributed by atoms with Crippen LogP contribution in [0.4, 0.5) is 5.00 Å². The molecule has 0 bridgehead atoms. The minimum atomic E-state index is 0.0258. The lowest BCUT2D eigenvalue weighted by Crippen LogP contribution is -2.36. The molecule has 0 saturated heterocycles. The zero-order valence-electron chi connectivity index (χ0n) is 18.6. The van der Waals surface area contributed by atoms with E-state index in [0.717, 1.165) is 48.2 Å². The van der Waals surface area contributed by atoms with E-state index < -0.39 is 0 Å². The number of carbonyl (C=O) groups excluding carboxylic acids is 1. The Hall–Kier alpha value is -2.78. The molecule has 1 saturated carbocycles. The number of hydrogen-bond acceptors (Lipinski definition) is 5. The zero-order valence-corrected chi connectivity index (χ0v) is 19.4. The van der Waals surface area contributed by atoms with Crippen molar-refractivity contribution in [3.8, 4) is 23.8 Å². The number of methoxy groups -OCH3 is 1. The van der Waals surface area contributed by atoms with Gasteiger partial charge in [-0.15, -0.1) is 17.8 Å². The number of amides is 1. The summed E-state index contributed by atoms with van der Waals surface area (Å²) in [5, 5.41) is 4.07. The fourth-order valence-corrected chi connectivity index (χ4v) is 5.80. The third-order valence-electron chi connectivity index (χ3n) is 6.17. The maximum Gasteiger partial charge on any atom is 0.254 e. The van der Waals surface area contributed by atoms with Crippen molar-refractivity contribution in [1.29, 1.82) is 0 Å². The number of ether oxygens (including phenoxy) is 2. The number of thiophene rings is 1. The van der Waals surface area contributed by atoms with Gasteiger partial charge in [-0.05, 0) is 56.2 Å². The van der Waals surface area contributed by atoms with Gasteiger partial charge in [-0.25, -0.2) is 4.99 Å². The Morgan fingerprint density at radius 3 is 2.84 bits per heavy atom. The lowest BCUT2D eigenvalue weighted by atomic mass is 9.93. The third-order valence-corrected chi connectivity index (χ3v) is 7.37. The fourth-order valence-electron chi connectivity index (χ4n) is 4.57. The molecule has 2 aliphatic rings. The highest BCUT2D eigenvalue weighted by atomic mass is 32.1. The molecular formula is C26H30N2O3S. The number of benzene rings is 1. The van der Waals surface area contributed by atoms with Crippen LogP contribution >= 0.6 is 11.3 Å². The normalized spacial score (nSPS) is 16.4. The Morgan fingerprint density at radius 1 is 1.25 bits per heavy atom. The van der Waals surface area contributed by atoms with Crippen molar-refractivity contribution in [2.24, 2.45) is 4.99 Å². The van der Waals surface area contributed by atoms with Crippen LogP contribution in [0, 0.1) is 12.3 Å². The second kappa shape index (κ2) is 10.7. The molecular weight excluding hydrogens is 420 g/mol. The Kier molecular flexibility index (Phi) is 7.49. The molecule has 1 aromatic heterocycles. The number of carbonyl (C=O) groups is 1. The van der Waals surface area contributed by atoms with Gasteiger partial charge in [0.05, 0.1) is 12.7 Å². The van der Waals surface area contributed by atoms with Gasteiger partial charge in [0.2, 0.25) is 0 Å². The van der Waals surface area contributed by atoms with E-state index in [1.165, 1.54) is 36.1 Å². The van der Waals surface area contributed by atoms with Crippen LogP contribution in [-0.2, 0) is 12.8 Å². The van der Waals surface area contributed by atoms with E-state index in [4.69, 9.17) is 20.9 Å². The summed E-state index contributed by atoms with van der Waals surface area (Å²) in [6.07, 6.45) is 17.2. The first kappa shape index (κ1) is 22.4. The van der Waals surface area contributed by atoms with Crippen LogP contribution in [0.3, 0.4) is 0 Å². The van der Waals surface area contributed by atoms with Crippen molar-refractivity contribution in [2.45, 2.75) is 63.8 Å².